The summed E-state index contributed by atoms with van der Waals surface area (Å²) in [6, 6.07) is 0.658. The number of carbonyl (C=O) groups excluding carboxylic acids is 1. The molecule has 0 spiro atoms. The molecule has 2 heterocycles. The maximum Gasteiger partial charge on any atom is 0.243 e. The first-order valence-corrected chi connectivity index (χ1v) is 7.92. The summed E-state index contributed by atoms with van der Waals surface area (Å²) in [4.78, 5) is 19.9. The molecule has 0 aromatic carbocycles. The molecule has 2 N–H and O–H groups in total. The van der Waals surface area contributed by atoms with Gasteiger partial charge in [0, 0.05) is 29.6 Å². The second-order valence-corrected chi connectivity index (χ2v) is 6.12. The Bertz CT molecular complexity index is 610. The third-order valence-corrected chi connectivity index (χ3v) is 4.39. The molecule has 1 saturated carbocycles. The summed E-state index contributed by atoms with van der Waals surface area (Å²) >= 11 is 5.98. The average Bonchev–Trinajstić information content (AvgIpc) is 2.90. The Labute approximate surface area is 134 Å². The zero-order valence-electron chi connectivity index (χ0n) is 12.3. The van der Waals surface area contributed by atoms with E-state index in [-0.39, 0.29) is 11.9 Å². The Kier molecular flexibility index (Phi) is 4.43. The van der Waals surface area contributed by atoms with Crippen LogP contribution in [-0.2, 0) is 4.79 Å². The number of carbonyl (C=O) groups is 1. The number of aliphatic imine (C=N–C) groups is 2. The van der Waals surface area contributed by atoms with Crippen molar-refractivity contribution in [3.8, 4) is 0 Å². The molecular weight excluding hydrogens is 300 g/mol. The van der Waals surface area contributed by atoms with Crippen molar-refractivity contribution in [2.45, 2.75) is 37.8 Å². The number of allylic oxidation sites excluding steroid dienone is 2. The highest BCUT2D eigenvalue weighted by atomic mass is 35.5. The molecule has 1 aliphatic carbocycles. The fourth-order valence-electron chi connectivity index (χ4n) is 3.06. The highest BCUT2D eigenvalue weighted by molar-refractivity contribution is 6.44. The van der Waals surface area contributed by atoms with Crippen LogP contribution in [0.4, 0.5) is 0 Å². The second-order valence-electron chi connectivity index (χ2n) is 5.73. The van der Waals surface area contributed by atoms with Crippen molar-refractivity contribution in [3.63, 3.8) is 0 Å². The minimum Gasteiger partial charge on any atom is -0.384 e. The summed E-state index contributed by atoms with van der Waals surface area (Å²) in [5, 5.41) is 7.06. The van der Waals surface area contributed by atoms with Crippen molar-refractivity contribution < 1.29 is 4.79 Å². The smallest absolute Gasteiger partial charge is 0.243 e. The second kappa shape index (κ2) is 6.48. The van der Waals surface area contributed by atoms with Gasteiger partial charge in [-0.05, 0) is 37.8 Å². The van der Waals surface area contributed by atoms with E-state index in [1.54, 1.807) is 6.21 Å². The monoisotopic (exact) mass is 318 g/mol. The van der Waals surface area contributed by atoms with Gasteiger partial charge in [0.2, 0.25) is 5.91 Å². The van der Waals surface area contributed by atoms with Gasteiger partial charge >= 0.3 is 0 Å². The van der Waals surface area contributed by atoms with Crippen LogP contribution in [0.5, 0.6) is 0 Å². The molecule has 5 nitrogen and oxygen atoms in total. The molecular formula is C16H19ClN4O. The van der Waals surface area contributed by atoms with E-state index < -0.39 is 0 Å². The quantitative estimate of drug-likeness (QED) is 0.615. The van der Waals surface area contributed by atoms with Gasteiger partial charge in [-0.2, -0.15) is 0 Å². The fourth-order valence-corrected chi connectivity index (χ4v) is 3.26. The number of hydrogen-bond acceptors (Lipinski definition) is 4. The summed E-state index contributed by atoms with van der Waals surface area (Å²) in [6.45, 7) is 4.12. The van der Waals surface area contributed by atoms with Crippen LogP contribution in [0.1, 0.15) is 25.7 Å². The number of hydrogen-bond donors (Lipinski definition) is 2. The van der Waals surface area contributed by atoms with E-state index in [2.05, 4.69) is 27.2 Å². The maximum atomic E-state index is 11.3. The number of rotatable bonds is 4. The largest absolute Gasteiger partial charge is 0.384 e. The Hall–Kier alpha value is -1.88. The van der Waals surface area contributed by atoms with E-state index in [1.807, 2.05) is 6.08 Å². The third kappa shape index (κ3) is 3.30. The van der Waals surface area contributed by atoms with Gasteiger partial charge in [0.25, 0.3) is 0 Å². The first-order valence-electron chi connectivity index (χ1n) is 7.54. The standard InChI is InChI=1S/C16H19ClN4O/c1-2-16(22)20-11-5-3-10(4-6-11)19-13-8-18-9-14-12(13)7-15(17)21-14/h2,7,9-11,19H,1,3-6,8H2,(H,20,22). The molecule has 3 aliphatic rings. The normalized spacial score (nSPS) is 27.0. The minimum absolute atomic E-state index is 0.0884. The van der Waals surface area contributed by atoms with Crippen LogP contribution in [0.3, 0.4) is 0 Å². The summed E-state index contributed by atoms with van der Waals surface area (Å²) in [5.74, 6) is -0.0884. The summed E-state index contributed by atoms with van der Waals surface area (Å²) in [7, 11) is 0. The molecule has 116 valence electrons. The topological polar surface area (TPSA) is 65.8 Å². The fraction of sp³-hybridized carbons (Fsp3) is 0.438. The molecule has 0 atom stereocenters. The molecule has 3 rings (SSSR count). The predicted molar refractivity (Wildman–Crippen MR) is 89.3 cm³/mol. The number of nitrogens with one attached hydrogen (secondary N) is 2. The van der Waals surface area contributed by atoms with Gasteiger partial charge < -0.3 is 10.6 Å². The molecule has 22 heavy (non-hydrogen) atoms. The minimum atomic E-state index is -0.0884. The first kappa shape index (κ1) is 15.0. The van der Waals surface area contributed by atoms with Crippen LogP contribution in [-0.4, -0.2) is 36.5 Å². The van der Waals surface area contributed by atoms with Crippen molar-refractivity contribution in [2.24, 2.45) is 9.98 Å². The van der Waals surface area contributed by atoms with Crippen LogP contribution >= 0.6 is 11.6 Å². The van der Waals surface area contributed by atoms with Gasteiger partial charge in [-0.15, -0.1) is 0 Å². The van der Waals surface area contributed by atoms with Crippen LogP contribution in [0, 0.1) is 0 Å². The van der Waals surface area contributed by atoms with Gasteiger partial charge in [0.1, 0.15) is 5.16 Å². The molecule has 0 aromatic heterocycles. The maximum absolute atomic E-state index is 11.3. The Morgan fingerprint density at radius 3 is 2.77 bits per heavy atom. The van der Waals surface area contributed by atoms with Crippen LogP contribution in [0.25, 0.3) is 0 Å². The molecule has 0 unspecified atom stereocenters. The molecule has 0 aromatic rings. The third-order valence-electron chi connectivity index (χ3n) is 4.19. The molecule has 2 aliphatic heterocycles. The average molecular weight is 319 g/mol. The zero-order valence-corrected chi connectivity index (χ0v) is 13.1. The van der Waals surface area contributed by atoms with E-state index in [0.29, 0.717) is 17.7 Å². The number of amides is 1. The van der Waals surface area contributed by atoms with E-state index in [1.165, 1.54) is 6.08 Å². The Balaban J connectivity index is 1.57. The first-order chi connectivity index (χ1) is 10.7. The van der Waals surface area contributed by atoms with E-state index in [9.17, 15) is 4.79 Å². The van der Waals surface area contributed by atoms with Crippen molar-refractivity contribution in [1.29, 1.82) is 0 Å². The van der Waals surface area contributed by atoms with Gasteiger partial charge in [-0.3, -0.25) is 9.79 Å². The van der Waals surface area contributed by atoms with Crippen molar-refractivity contribution >= 4 is 29.4 Å². The van der Waals surface area contributed by atoms with E-state index >= 15 is 0 Å². The lowest BCUT2D eigenvalue weighted by molar-refractivity contribution is -0.117. The Morgan fingerprint density at radius 2 is 2.05 bits per heavy atom. The molecule has 0 saturated heterocycles. The Morgan fingerprint density at radius 1 is 1.32 bits per heavy atom. The van der Waals surface area contributed by atoms with Crippen LogP contribution in [0.2, 0.25) is 0 Å². The van der Waals surface area contributed by atoms with Crippen molar-refractivity contribution in [1.82, 2.24) is 10.6 Å². The molecule has 0 bridgehead atoms. The summed E-state index contributed by atoms with van der Waals surface area (Å²) < 4.78 is 0. The number of fused-ring (bicyclic) bond motifs is 1. The van der Waals surface area contributed by atoms with Gasteiger partial charge in [0.15, 0.2) is 0 Å². The van der Waals surface area contributed by atoms with Crippen molar-refractivity contribution in [2.75, 3.05) is 6.54 Å². The van der Waals surface area contributed by atoms with Gasteiger partial charge in [-0.1, -0.05) is 18.2 Å². The highest BCUT2D eigenvalue weighted by Gasteiger charge is 2.25. The van der Waals surface area contributed by atoms with Crippen molar-refractivity contribution in [3.05, 3.63) is 35.2 Å². The SMILES string of the molecule is C=CC(=O)NC1CCC(NC2=C3C=C(Cl)N=C3C=NC2)CC1. The lowest BCUT2D eigenvalue weighted by Crippen LogP contribution is -2.42. The zero-order chi connectivity index (χ0) is 15.5. The summed E-state index contributed by atoms with van der Waals surface area (Å²) in [5.41, 5.74) is 2.99. The summed E-state index contributed by atoms with van der Waals surface area (Å²) in [6.07, 6.45) is 8.97. The number of dihydropyridines is 1. The van der Waals surface area contributed by atoms with Crippen LogP contribution < -0.4 is 10.6 Å². The van der Waals surface area contributed by atoms with Crippen LogP contribution in [0.15, 0.2) is 45.1 Å². The highest BCUT2D eigenvalue weighted by Crippen LogP contribution is 2.25. The number of halogens is 1. The molecule has 1 amide bonds. The van der Waals surface area contributed by atoms with Gasteiger partial charge in [0.05, 0.1) is 12.3 Å². The molecule has 6 heteroatoms. The molecule has 1 fully saturated rings. The number of nitrogens with zero attached hydrogens (tertiary/aromatic N) is 2. The predicted octanol–water partition coefficient (Wildman–Crippen LogP) is 2.06. The van der Waals surface area contributed by atoms with Gasteiger partial charge in [-0.25, -0.2) is 4.99 Å². The van der Waals surface area contributed by atoms with E-state index in [0.717, 1.165) is 42.7 Å². The molecule has 0 radical (unpaired) electrons. The van der Waals surface area contributed by atoms with E-state index in [4.69, 9.17) is 11.6 Å². The lowest BCUT2D eigenvalue weighted by Gasteiger charge is -2.31. The lowest BCUT2D eigenvalue weighted by atomic mass is 9.90.